The highest BCUT2D eigenvalue weighted by molar-refractivity contribution is 7.13. The van der Waals surface area contributed by atoms with Crippen LogP contribution in [-0.4, -0.2) is 42.0 Å². The van der Waals surface area contributed by atoms with E-state index < -0.39 is 0 Å². The maximum atomic E-state index is 11.9. The van der Waals surface area contributed by atoms with Crippen LogP contribution in [0.4, 0.5) is 0 Å². The summed E-state index contributed by atoms with van der Waals surface area (Å²) in [5.41, 5.74) is 1.92. The van der Waals surface area contributed by atoms with Gasteiger partial charge in [0.2, 0.25) is 5.91 Å². The van der Waals surface area contributed by atoms with E-state index in [0.717, 1.165) is 35.6 Å². The summed E-state index contributed by atoms with van der Waals surface area (Å²) in [6, 6.07) is 4.02. The van der Waals surface area contributed by atoms with Gasteiger partial charge in [-0.2, -0.15) is 5.10 Å². The van der Waals surface area contributed by atoms with Crippen molar-refractivity contribution in [3.63, 3.8) is 0 Å². The van der Waals surface area contributed by atoms with E-state index in [0.29, 0.717) is 13.2 Å². The molecule has 0 radical (unpaired) electrons. The Morgan fingerprint density at radius 2 is 2.48 bits per heavy atom. The standard InChI is InChI=1S/C16H21N3O3S/c20-15(11-21-10-13-4-1-2-6-22-13)17-8-12-9-18-19-16(12)14-5-3-7-23-14/h3,5,7,9,13H,1-2,4,6,8,10-11H2,(H,17,20)(H,18,19)/t13-/m0/s1. The molecule has 1 aliphatic heterocycles. The number of aromatic amines is 1. The average molecular weight is 335 g/mol. The van der Waals surface area contributed by atoms with Crippen molar-refractivity contribution in [3.05, 3.63) is 29.3 Å². The second-order valence-corrected chi connectivity index (χ2v) is 6.48. The van der Waals surface area contributed by atoms with E-state index in [2.05, 4.69) is 15.5 Å². The molecule has 1 saturated heterocycles. The van der Waals surface area contributed by atoms with E-state index in [1.165, 1.54) is 6.42 Å². The smallest absolute Gasteiger partial charge is 0.246 e. The van der Waals surface area contributed by atoms with E-state index >= 15 is 0 Å². The van der Waals surface area contributed by atoms with Crippen LogP contribution in [0, 0.1) is 0 Å². The third-order valence-corrected chi connectivity index (χ3v) is 4.66. The number of nitrogens with one attached hydrogen (secondary N) is 2. The van der Waals surface area contributed by atoms with Crippen LogP contribution >= 0.6 is 11.3 Å². The van der Waals surface area contributed by atoms with Gasteiger partial charge in [-0.1, -0.05) is 6.07 Å². The number of nitrogens with zero attached hydrogens (tertiary/aromatic N) is 1. The minimum Gasteiger partial charge on any atom is -0.376 e. The van der Waals surface area contributed by atoms with Crippen LogP contribution in [0.1, 0.15) is 24.8 Å². The molecule has 0 saturated carbocycles. The van der Waals surface area contributed by atoms with Crippen molar-refractivity contribution in [2.45, 2.75) is 31.9 Å². The Morgan fingerprint density at radius 1 is 1.52 bits per heavy atom. The summed E-state index contributed by atoms with van der Waals surface area (Å²) >= 11 is 1.64. The van der Waals surface area contributed by atoms with Gasteiger partial charge in [0, 0.05) is 18.7 Å². The predicted octanol–water partition coefficient (Wildman–Crippen LogP) is 2.34. The van der Waals surface area contributed by atoms with Crippen LogP contribution in [0.15, 0.2) is 23.7 Å². The molecule has 3 heterocycles. The lowest BCUT2D eigenvalue weighted by atomic mass is 10.1. The Bertz CT molecular complexity index is 606. The van der Waals surface area contributed by atoms with Crippen molar-refractivity contribution < 1.29 is 14.3 Å². The van der Waals surface area contributed by atoms with Crippen LogP contribution in [0.25, 0.3) is 10.6 Å². The highest BCUT2D eigenvalue weighted by Gasteiger charge is 2.15. The number of hydrogen-bond acceptors (Lipinski definition) is 5. The summed E-state index contributed by atoms with van der Waals surface area (Å²) < 4.78 is 11.0. The topological polar surface area (TPSA) is 76.2 Å². The molecule has 23 heavy (non-hydrogen) atoms. The van der Waals surface area contributed by atoms with Crippen LogP contribution in [0.2, 0.25) is 0 Å². The zero-order chi connectivity index (χ0) is 15.9. The van der Waals surface area contributed by atoms with Gasteiger partial charge in [0.15, 0.2) is 0 Å². The molecular formula is C16H21N3O3S. The molecule has 1 atom stereocenters. The summed E-state index contributed by atoms with van der Waals surface area (Å²) in [6.07, 6.45) is 5.18. The Labute approximate surface area is 139 Å². The van der Waals surface area contributed by atoms with E-state index in [4.69, 9.17) is 9.47 Å². The van der Waals surface area contributed by atoms with E-state index in [-0.39, 0.29) is 18.6 Å². The first kappa shape index (κ1) is 16.2. The molecule has 3 rings (SSSR count). The van der Waals surface area contributed by atoms with Crippen LogP contribution in [0.5, 0.6) is 0 Å². The van der Waals surface area contributed by atoms with Gasteiger partial charge in [-0.05, 0) is 30.7 Å². The molecular weight excluding hydrogens is 314 g/mol. The Hall–Kier alpha value is -1.70. The molecule has 2 N–H and O–H groups in total. The van der Waals surface area contributed by atoms with E-state index in [1.807, 2.05) is 17.5 Å². The first-order valence-corrected chi connectivity index (χ1v) is 8.73. The summed E-state index contributed by atoms with van der Waals surface area (Å²) in [5.74, 6) is -0.126. The van der Waals surface area contributed by atoms with Gasteiger partial charge in [-0.25, -0.2) is 0 Å². The molecule has 7 heteroatoms. The highest BCUT2D eigenvalue weighted by Crippen LogP contribution is 2.25. The number of thiophene rings is 1. The van der Waals surface area contributed by atoms with Crippen molar-refractivity contribution in [2.75, 3.05) is 19.8 Å². The molecule has 1 amide bonds. The van der Waals surface area contributed by atoms with Crippen molar-refractivity contribution in [3.8, 4) is 10.6 Å². The summed E-state index contributed by atoms with van der Waals surface area (Å²) in [5, 5.41) is 11.9. The number of ether oxygens (including phenoxy) is 2. The van der Waals surface area contributed by atoms with Gasteiger partial charge < -0.3 is 14.8 Å². The fourth-order valence-electron chi connectivity index (χ4n) is 2.55. The average Bonchev–Trinajstić information content (AvgIpc) is 3.25. The van der Waals surface area contributed by atoms with Gasteiger partial charge in [0.05, 0.1) is 29.5 Å². The molecule has 2 aromatic heterocycles. The minimum absolute atomic E-state index is 0.0616. The van der Waals surface area contributed by atoms with E-state index in [1.54, 1.807) is 17.5 Å². The lowest BCUT2D eigenvalue weighted by molar-refractivity contribution is -0.128. The quantitative estimate of drug-likeness (QED) is 0.814. The van der Waals surface area contributed by atoms with Gasteiger partial charge >= 0.3 is 0 Å². The predicted molar refractivity (Wildman–Crippen MR) is 88.2 cm³/mol. The fourth-order valence-corrected chi connectivity index (χ4v) is 3.30. The molecule has 124 valence electrons. The SMILES string of the molecule is O=C(COC[C@@H]1CCCCO1)NCc1cn[nH]c1-c1cccs1. The van der Waals surface area contributed by atoms with Crippen molar-refractivity contribution >= 4 is 17.2 Å². The van der Waals surface area contributed by atoms with Crippen molar-refractivity contribution in [1.29, 1.82) is 0 Å². The lowest BCUT2D eigenvalue weighted by Crippen LogP contribution is -2.30. The Kier molecular flexibility index (Phi) is 5.79. The van der Waals surface area contributed by atoms with Crippen molar-refractivity contribution in [2.24, 2.45) is 0 Å². The molecule has 0 aromatic carbocycles. The minimum atomic E-state index is -0.126. The Balaban J connectivity index is 1.40. The lowest BCUT2D eigenvalue weighted by Gasteiger charge is -2.22. The molecule has 1 fully saturated rings. The second kappa shape index (κ2) is 8.24. The first-order chi connectivity index (χ1) is 11.3. The number of rotatable bonds is 7. The number of carbonyl (C=O) groups is 1. The van der Waals surface area contributed by atoms with Gasteiger partial charge in [0.25, 0.3) is 0 Å². The largest absolute Gasteiger partial charge is 0.376 e. The van der Waals surface area contributed by atoms with Crippen LogP contribution in [0.3, 0.4) is 0 Å². The molecule has 0 aliphatic carbocycles. The summed E-state index contributed by atoms with van der Waals surface area (Å²) in [4.78, 5) is 13.0. The maximum absolute atomic E-state index is 11.9. The number of amides is 1. The number of aromatic nitrogens is 2. The fraction of sp³-hybridized carbons (Fsp3) is 0.500. The zero-order valence-electron chi connectivity index (χ0n) is 12.9. The summed E-state index contributed by atoms with van der Waals surface area (Å²) in [7, 11) is 0. The Morgan fingerprint density at radius 3 is 3.26 bits per heavy atom. The molecule has 2 aromatic rings. The van der Waals surface area contributed by atoms with Gasteiger partial charge in [-0.15, -0.1) is 11.3 Å². The number of carbonyl (C=O) groups excluding carboxylic acids is 1. The van der Waals surface area contributed by atoms with Gasteiger partial charge in [-0.3, -0.25) is 9.89 Å². The number of hydrogen-bond donors (Lipinski definition) is 2. The molecule has 6 nitrogen and oxygen atoms in total. The van der Waals surface area contributed by atoms with Crippen molar-refractivity contribution in [1.82, 2.24) is 15.5 Å². The van der Waals surface area contributed by atoms with Crippen LogP contribution in [-0.2, 0) is 20.8 Å². The third-order valence-electron chi connectivity index (χ3n) is 3.77. The molecule has 0 spiro atoms. The molecule has 0 bridgehead atoms. The van der Waals surface area contributed by atoms with E-state index in [9.17, 15) is 4.79 Å². The third kappa shape index (κ3) is 4.63. The molecule has 1 aliphatic rings. The monoisotopic (exact) mass is 335 g/mol. The first-order valence-electron chi connectivity index (χ1n) is 7.85. The number of H-pyrrole nitrogens is 1. The summed E-state index contributed by atoms with van der Waals surface area (Å²) in [6.45, 7) is 1.78. The van der Waals surface area contributed by atoms with Crippen LogP contribution < -0.4 is 5.32 Å². The maximum Gasteiger partial charge on any atom is 0.246 e. The normalized spacial score (nSPS) is 18.0. The second-order valence-electron chi connectivity index (χ2n) is 5.53. The van der Waals surface area contributed by atoms with Gasteiger partial charge in [0.1, 0.15) is 6.61 Å². The highest BCUT2D eigenvalue weighted by atomic mass is 32.1. The molecule has 0 unspecified atom stereocenters. The zero-order valence-corrected chi connectivity index (χ0v) is 13.7.